The van der Waals surface area contributed by atoms with Crippen LogP contribution in [0, 0.1) is 10.1 Å². The van der Waals surface area contributed by atoms with E-state index in [0.717, 1.165) is 18.4 Å². The molecule has 0 heterocycles. The topological polar surface area (TPSA) is 75.8 Å². The summed E-state index contributed by atoms with van der Waals surface area (Å²) in [6.07, 6.45) is 4.77. The second-order valence-corrected chi connectivity index (χ2v) is 4.96. The van der Waals surface area contributed by atoms with Gasteiger partial charge in [0.2, 0.25) is 0 Å². The monoisotopic (exact) mass is 275 g/mol. The Labute approximate surface area is 117 Å². The molecule has 1 aliphatic carbocycles. The SMILES string of the molecule is CN(/N=C/c1ccc([N+](=O)[O-])cc1)[C@H]1CCCC(=O)C1. The lowest BCUT2D eigenvalue weighted by atomic mass is 9.94. The molecule has 0 N–H and O–H groups in total. The Kier molecular flexibility index (Phi) is 4.45. The molecule has 0 aromatic heterocycles. The number of ketones is 1. The van der Waals surface area contributed by atoms with Crippen LogP contribution < -0.4 is 0 Å². The van der Waals surface area contributed by atoms with Crippen LogP contribution in [-0.4, -0.2) is 35.0 Å². The van der Waals surface area contributed by atoms with Gasteiger partial charge in [0.15, 0.2) is 0 Å². The van der Waals surface area contributed by atoms with Crippen LogP contribution in [0.3, 0.4) is 0 Å². The Morgan fingerprint density at radius 2 is 2.10 bits per heavy atom. The Hall–Kier alpha value is -2.24. The molecule has 0 spiro atoms. The zero-order valence-electron chi connectivity index (χ0n) is 11.4. The van der Waals surface area contributed by atoms with Gasteiger partial charge in [0, 0.05) is 32.0 Å². The van der Waals surface area contributed by atoms with Gasteiger partial charge in [-0.25, -0.2) is 0 Å². The second kappa shape index (κ2) is 6.27. The Morgan fingerprint density at radius 3 is 2.70 bits per heavy atom. The van der Waals surface area contributed by atoms with Crippen molar-refractivity contribution in [2.24, 2.45) is 5.10 Å². The highest BCUT2D eigenvalue weighted by Gasteiger charge is 2.22. The first-order valence-corrected chi connectivity index (χ1v) is 6.59. The number of hydrogen-bond acceptors (Lipinski definition) is 5. The summed E-state index contributed by atoms with van der Waals surface area (Å²) in [6.45, 7) is 0. The number of carbonyl (C=O) groups excluding carboxylic acids is 1. The molecule has 20 heavy (non-hydrogen) atoms. The van der Waals surface area contributed by atoms with Crippen molar-refractivity contribution in [3.8, 4) is 0 Å². The number of Topliss-reactive ketones (excluding diaryl/α,β-unsaturated/α-hetero) is 1. The predicted molar refractivity (Wildman–Crippen MR) is 75.7 cm³/mol. The summed E-state index contributed by atoms with van der Waals surface area (Å²) in [6, 6.07) is 6.37. The van der Waals surface area contributed by atoms with E-state index >= 15 is 0 Å². The highest BCUT2D eigenvalue weighted by molar-refractivity contribution is 5.80. The van der Waals surface area contributed by atoms with Crippen molar-refractivity contribution in [1.82, 2.24) is 5.01 Å². The summed E-state index contributed by atoms with van der Waals surface area (Å²) >= 11 is 0. The Balaban J connectivity index is 1.97. The number of non-ortho nitro benzene ring substituents is 1. The number of nitro benzene ring substituents is 1. The van der Waals surface area contributed by atoms with Gasteiger partial charge in [-0.1, -0.05) is 0 Å². The largest absolute Gasteiger partial charge is 0.300 e. The maximum Gasteiger partial charge on any atom is 0.269 e. The highest BCUT2D eigenvalue weighted by atomic mass is 16.6. The summed E-state index contributed by atoms with van der Waals surface area (Å²) < 4.78 is 0. The summed E-state index contributed by atoms with van der Waals surface area (Å²) in [5, 5.41) is 16.7. The molecule has 0 aliphatic heterocycles. The van der Waals surface area contributed by atoms with Gasteiger partial charge in [-0.2, -0.15) is 5.10 Å². The fraction of sp³-hybridized carbons (Fsp3) is 0.429. The quantitative estimate of drug-likeness (QED) is 0.480. The second-order valence-electron chi connectivity index (χ2n) is 4.96. The number of rotatable bonds is 4. The van der Waals surface area contributed by atoms with E-state index in [4.69, 9.17) is 0 Å². The smallest absolute Gasteiger partial charge is 0.269 e. The third-order valence-corrected chi connectivity index (χ3v) is 3.48. The maximum absolute atomic E-state index is 11.4. The van der Waals surface area contributed by atoms with Gasteiger partial charge in [-0.3, -0.25) is 19.9 Å². The van der Waals surface area contributed by atoms with Gasteiger partial charge >= 0.3 is 0 Å². The highest BCUT2D eigenvalue weighted by Crippen LogP contribution is 2.19. The summed E-state index contributed by atoms with van der Waals surface area (Å²) in [7, 11) is 1.85. The molecule has 0 unspecified atom stereocenters. The van der Waals surface area contributed by atoms with Crippen molar-refractivity contribution < 1.29 is 9.72 Å². The van der Waals surface area contributed by atoms with E-state index in [1.807, 2.05) is 7.05 Å². The van der Waals surface area contributed by atoms with E-state index < -0.39 is 4.92 Å². The maximum atomic E-state index is 11.4. The fourth-order valence-corrected chi connectivity index (χ4v) is 2.25. The summed E-state index contributed by atoms with van der Waals surface area (Å²) in [4.78, 5) is 21.5. The lowest BCUT2D eigenvalue weighted by Gasteiger charge is -2.28. The number of hydrogen-bond donors (Lipinski definition) is 0. The average molecular weight is 275 g/mol. The molecule has 2 rings (SSSR count). The fourth-order valence-electron chi connectivity index (χ4n) is 2.25. The molecule has 0 saturated heterocycles. The van der Waals surface area contributed by atoms with Crippen molar-refractivity contribution >= 4 is 17.7 Å². The van der Waals surface area contributed by atoms with E-state index in [9.17, 15) is 14.9 Å². The van der Waals surface area contributed by atoms with Gasteiger partial charge in [0.1, 0.15) is 5.78 Å². The Morgan fingerprint density at radius 1 is 1.40 bits per heavy atom. The van der Waals surface area contributed by atoms with E-state index in [1.54, 1.807) is 23.4 Å². The van der Waals surface area contributed by atoms with Crippen molar-refractivity contribution in [3.05, 3.63) is 39.9 Å². The minimum atomic E-state index is -0.430. The molecule has 0 bridgehead atoms. The van der Waals surface area contributed by atoms with Crippen molar-refractivity contribution in [1.29, 1.82) is 0 Å². The standard InChI is InChI=1S/C14H17N3O3/c1-16(13-3-2-4-14(18)9-13)15-10-11-5-7-12(8-6-11)17(19)20/h5-8,10,13H,2-4,9H2,1H3/b15-10+/t13-/m0/s1. The number of benzene rings is 1. The van der Waals surface area contributed by atoms with Gasteiger partial charge in [-0.15, -0.1) is 0 Å². The molecule has 6 heteroatoms. The average Bonchev–Trinajstić information content (AvgIpc) is 2.45. The van der Waals surface area contributed by atoms with Gasteiger partial charge in [0.25, 0.3) is 5.69 Å². The van der Waals surface area contributed by atoms with Crippen LogP contribution in [0.25, 0.3) is 0 Å². The third-order valence-electron chi connectivity index (χ3n) is 3.48. The van der Waals surface area contributed by atoms with Crippen LogP contribution in [0.5, 0.6) is 0 Å². The predicted octanol–water partition coefficient (Wildman–Crippen LogP) is 2.37. The third kappa shape index (κ3) is 3.63. The number of nitrogens with zero attached hydrogens (tertiary/aromatic N) is 3. The number of nitro groups is 1. The molecule has 1 aromatic carbocycles. The lowest BCUT2D eigenvalue weighted by Crippen LogP contribution is -2.32. The normalized spacial score (nSPS) is 19.2. The van der Waals surface area contributed by atoms with E-state index in [0.29, 0.717) is 18.6 Å². The molecule has 1 aromatic rings. The molecular formula is C14H17N3O3. The minimum absolute atomic E-state index is 0.0633. The molecule has 1 atom stereocenters. The van der Waals surface area contributed by atoms with Crippen LogP contribution in [0.4, 0.5) is 5.69 Å². The number of hydrazone groups is 1. The molecule has 0 amide bonds. The van der Waals surface area contributed by atoms with Crippen LogP contribution >= 0.6 is 0 Å². The number of carbonyl (C=O) groups is 1. The van der Waals surface area contributed by atoms with E-state index in [2.05, 4.69) is 5.10 Å². The zero-order valence-corrected chi connectivity index (χ0v) is 11.4. The van der Waals surface area contributed by atoms with E-state index in [1.165, 1.54) is 12.1 Å². The molecule has 1 fully saturated rings. The first kappa shape index (κ1) is 14.2. The van der Waals surface area contributed by atoms with Crippen LogP contribution in [0.2, 0.25) is 0 Å². The molecular weight excluding hydrogens is 258 g/mol. The van der Waals surface area contributed by atoms with Gasteiger partial charge in [0.05, 0.1) is 17.2 Å². The van der Waals surface area contributed by atoms with E-state index in [-0.39, 0.29) is 11.7 Å². The molecule has 1 aliphatic rings. The van der Waals surface area contributed by atoms with Crippen LogP contribution in [0.1, 0.15) is 31.2 Å². The van der Waals surface area contributed by atoms with Gasteiger partial charge < -0.3 is 0 Å². The zero-order chi connectivity index (χ0) is 14.5. The van der Waals surface area contributed by atoms with Crippen molar-refractivity contribution in [2.45, 2.75) is 31.7 Å². The first-order chi connectivity index (χ1) is 9.56. The summed E-state index contributed by atoms with van der Waals surface area (Å²) in [5.41, 5.74) is 0.859. The molecule has 106 valence electrons. The van der Waals surface area contributed by atoms with Gasteiger partial charge in [-0.05, 0) is 30.5 Å². The summed E-state index contributed by atoms with van der Waals surface area (Å²) in [5.74, 6) is 0.290. The van der Waals surface area contributed by atoms with Crippen LogP contribution in [-0.2, 0) is 4.79 Å². The lowest BCUT2D eigenvalue weighted by molar-refractivity contribution is -0.384. The molecule has 6 nitrogen and oxygen atoms in total. The minimum Gasteiger partial charge on any atom is -0.300 e. The molecule has 0 radical (unpaired) electrons. The molecule has 1 saturated carbocycles. The Bertz CT molecular complexity index is 525. The first-order valence-electron chi connectivity index (χ1n) is 6.59. The van der Waals surface area contributed by atoms with Crippen molar-refractivity contribution in [3.63, 3.8) is 0 Å². The van der Waals surface area contributed by atoms with Crippen LogP contribution in [0.15, 0.2) is 29.4 Å². The van der Waals surface area contributed by atoms with Crippen molar-refractivity contribution in [2.75, 3.05) is 7.05 Å².